The average Bonchev–Trinajstić information content (AvgIpc) is 2.40. The minimum absolute atomic E-state index is 0.224. The van der Waals surface area contributed by atoms with Gasteiger partial charge in [-0.15, -0.1) is 0 Å². The van der Waals surface area contributed by atoms with Gasteiger partial charge in [-0.25, -0.2) is 0 Å². The molecular weight excluding hydrogens is 256 g/mol. The van der Waals surface area contributed by atoms with Crippen LogP contribution in [0, 0.1) is 5.92 Å². The average molecular weight is 276 g/mol. The van der Waals surface area contributed by atoms with Gasteiger partial charge in [0.15, 0.2) is 0 Å². The Bertz CT molecular complexity index is 405. The number of nitrogens with zero attached hydrogens (tertiary/aromatic N) is 2. The van der Waals surface area contributed by atoms with Crippen LogP contribution in [0.1, 0.15) is 12.8 Å². The van der Waals surface area contributed by atoms with Gasteiger partial charge in [0, 0.05) is 39.3 Å². The number of amides is 1. The second kappa shape index (κ2) is 5.52. The number of rotatable bonds is 3. The number of hydrogen-bond donors (Lipinski definition) is 2. The minimum Gasteiger partial charge on any atom is -0.369 e. The van der Waals surface area contributed by atoms with E-state index >= 15 is 0 Å². The van der Waals surface area contributed by atoms with Crippen molar-refractivity contribution in [1.29, 1.82) is 0 Å². The van der Waals surface area contributed by atoms with Crippen LogP contribution in [-0.4, -0.2) is 62.2 Å². The lowest BCUT2D eigenvalue weighted by molar-refractivity contribution is -0.122. The fraction of sp³-hybridized carbons (Fsp3) is 0.900. The summed E-state index contributed by atoms with van der Waals surface area (Å²) in [6, 6.07) is 0. The third-order valence-corrected chi connectivity index (χ3v) is 5.52. The molecule has 0 radical (unpaired) electrons. The predicted molar refractivity (Wildman–Crippen MR) is 66.9 cm³/mol. The van der Waals surface area contributed by atoms with E-state index < -0.39 is 16.1 Å². The monoisotopic (exact) mass is 276 g/mol. The highest BCUT2D eigenvalue weighted by Crippen LogP contribution is 2.21. The van der Waals surface area contributed by atoms with Crippen molar-refractivity contribution in [3.05, 3.63) is 0 Å². The Labute approximate surface area is 107 Å². The zero-order valence-corrected chi connectivity index (χ0v) is 11.2. The zero-order chi connectivity index (χ0) is 13.2. The number of hydrogen-bond acceptors (Lipinski definition) is 4. The molecular formula is C10H20N4O3S. The normalized spacial score (nSPS) is 28.1. The Morgan fingerprint density at radius 3 is 2.44 bits per heavy atom. The lowest BCUT2D eigenvalue weighted by atomic mass is 9.99. The maximum Gasteiger partial charge on any atom is 0.282 e. The largest absolute Gasteiger partial charge is 0.369 e. The van der Waals surface area contributed by atoms with Crippen molar-refractivity contribution in [3.63, 3.8) is 0 Å². The molecule has 2 aliphatic heterocycles. The summed E-state index contributed by atoms with van der Waals surface area (Å²) in [6.45, 7) is 3.02. The van der Waals surface area contributed by atoms with Crippen LogP contribution >= 0.6 is 0 Å². The molecule has 1 atom stereocenters. The van der Waals surface area contributed by atoms with Crippen molar-refractivity contribution in [2.75, 3.05) is 39.3 Å². The van der Waals surface area contributed by atoms with Crippen LogP contribution in [0.25, 0.3) is 0 Å². The first-order valence-corrected chi connectivity index (χ1v) is 7.67. The molecule has 1 unspecified atom stereocenters. The minimum atomic E-state index is -3.43. The molecule has 0 spiro atoms. The molecule has 7 nitrogen and oxygen atoms in total. The van der Waals surface area contributed by atoms with E-state index in [9.17, 15) is 13.2 Å². The second-order valence-corrected chi connectivity index (χ2v) is 6.68. The maximum absolute atomic E-state index is 12.4. The van der Waals surface area contributed by atoms with Gasteiger partial charge in [0.05, 0.1) is 5.92 Å². The van der Waals surface area contributed by atoms with E-state index in [1.807, 2.05) is 0 Å². The molecule has 0 aromatic carbocycles. The van der Waals surface area contributed by atoms with Crippen molar-refractivity contribution in [3.8, 4) is 0 Å². The van der Waals surface area contributed by atoms with Gasteiger partial charge in [0.2, 0.25) is 5.91 Å². The summed E-state index contributed by atoms with van der Waals surface area (Å²) in [5, 5.41) is 3.12. The molecule has 104 valence electrons. The van der Waals surface area contributed by atoms with Crippen molar-refractivity contribution in [1.82, 2.24) is 13.9 Å². The van der Waals surface area contributed by atoms with Crippen molar-refractivity contribution < 1.29 is 13.2 Å². The van der Waals surface area contributed by atoms with Gasteiger partial charge in [-0.1, -0.05) is 0 Å². The van der Waals surface area contributed by atoms with Crippen LogP contribution in [0.4, 0.5) is 0 Å². The van der Waals surface area contributed by atoms with Gasteiger partial charge < -0.3 is 11.1 Å². The van der Waals surface area contributed by atoms with Gasteiger partial charge in [-0.2, -0.15) is 17.0 Å². The van der Waals surface area contributed by atoms with E-state index in [1.165, 1.54) is 8.61 Å². The quantitative estimate of drug-likeness (QED) is 0.644. The maximum atomic E-state index is 12.4. The van der Waals surface area contributed by atoms with Crippen molar-refractivity contribution in [2.24, 2.45) is 11.7 Å². The number of piperazine rings is 1. The van der Waals surface area contributed by atoms with Crippen molar-refractivity contribution >= 4 is 16.1 Å². The van der Waals surface area contributed by atoms with Crippen LogP contribution in [0.3, 0.4) is 0 Å². The number of nitrogens with two attached hydrogens (primary N) is 1. The lowest BCUT2D eigenvalue weighted by Crippen LogP contribution is -2.54. The summed E-state index contributed by atoms with van der Waals surface area (Å²) in [5.74, 6) is -0.758. The molecule has 18 heavy (non-hydrogen) atoms. The molecule has 2 fully saturated rings. The van der Waals surface area contributed by atoms with E-state index in [4.69, 9.17) is 5.73 Å². The Hall–Kier alpha value is -0.700. The highest BCUT2D eigenvalue weighted by atomic mass is 32.2. The Kier molecular flexibility index (Phi) is 4.21. The molecule has 2 rings (SSSR count). The summed E-state index contributed by atoms with van der Waals surface area (Å²) in [5.41, 5.74) is 5.27. The first-order valence-electron chi connectivity index (χ1n) is 6.27. The van der Waals surface area contributed by atoms with Crippen LogP contribution in [0.5, 0.6) is 0 Å². The lowest BCUT2D eigenvalue weighted by Gasteiger charge is -2.36. The number of carbonyl (C=O) groups excluding carboxylic acids is 1. The highest BCUT2D eigenvalue weighted by molar-refractivity contribution is 7.86. The summed E-state index contributed by atoms with van der Waals surface area (Å²) in [7, 11) is -3.43. The Morgan fingerprint density at radius 1 is 1.17 bits per heavy atom. The smallest absolute Gasteiger partial charge is 0.282 e. The van der Waals surface area contributed by atoms with E-state index in [0.717, 1.165) is 0 Å². The standard InChI is InChI=1S/C10H20N4O3S/c11-10(15)9-2-1-5-14(8-9)18(16,17)13-6-3-12-4-7-13/h9,12H,1-8H2,(H2,11,15). The Morgan fingerprint density at radius 2 is 1.83 bits per heavy atom. The van der Waals surface area contributed by atoms with Crippen LogP contribution < -0.4 is 11.1 Å². The first kappa shape index (κ1) is 13.7. The molecule has 0 bridgehead atoms. The molecule has 2 saturated heterocycles. The summed E-state index contributed by atoms with van der Waals surface area (Å²) < 4.78 is 27.6. The number of carbonyl (C=O) groups is 1. The summed E-state index contributed by atoms with van der Waals surface area (Å²) in [4.78, 5) is 11.2. The van der Waals surface area contributed by atoms with E-state index in [0.29, 0.717) is 45.6 Å². The third kappa shape index (κ3) is 2.82. The second-order valence-electron chi connectivity index (χ2n) is 4.76. The predicted octanol–water partition coefficient (Wildman–Crippen LogP) is -1.67. The van der Waals surface area contributed by atoms with E-state index in [1.54, 1.807) is 0 Å². The van der Waals surface area contributed by atoms with Gasteiger partial charge in [0.25, 0.3) is 10.2 Å². The van der Waals surface area contributed by atoms with Crippen LogP contribution in [-0.2, 0) is 15.0 Å². The van der Waals surface area contributed by atoms with Crippen molar-refractivity contribution in [2.45, 2.75) is 12.8 Å². The molecule has 0 aromatic heterocycles. The number of primary amides is 1. The van der Waals surface area contributed by atoms with Gasteiger partial charge >= 0.3 is 0 Å². The molecule has 8 heteroatoms. The van der Waals surface area contributed by atoms with Gasteiger partial charge in [0.1, 0.15) is 0 Å². The molecule has 0 saturated carbocycles. The molecule has 1 amide bonds. The highest BCUT2D eigenvalue weighted by Gasteiger charge is 2.35. The fourth-order valence-corrected chi connectivity index (χ4v) is 4.12. The zero-order valence-electron chi connectivity index (χ0n) is 10.3. The van der Waals surface area contributed by atoms with Gasteiger partial charge in [-0.05, 0) is 12.8 Å². The summed E-state index contributed by atoms with van der Waals surface area (Å²) in [6.07, 6.45) is 1.38. The molecule has 0 aromatic rings. The molecule has 0 aliphatic carbocycles. The van der Waals surface area contributed by atoms with Gasteiger partial charge in [-0.3, -0.25) is 4.79 Å². The van der Waals surface area contributed by atoms with Crippen LogP contribution in [0.15, 0.2) is 0 Å². The first-order chi connectivity index (χ1) is 8.51. The molecule has 3 N–H and O–H groups in total. The van der Waals surface area contributed by atoms with Crippen LogP contribution in [0.2, 0.25) is 0 Å². The number of piperidine rings is 1. The number of nitrogens with one attached hydrogen (secondary N) is 1. The summed E-state index contributed by atoms with van der Waals surface area (Å²) >= 11 is 0. The molecule has 2 heterocycles. The SMILES string of the molecule is NC(=O)C1CCCN(S(=O)(=O)N2CCNCC2)C1. The third-order valence-electron chi connectivity index (χ3n) is 3.52. The van der Waals surface area contributed by atoms with E-state index in [2.05, 4.69) is 5.32 Å². The topological polar surface area (TPSA) is 95.7 Å². The van der Waals surface area contributed by atoms with E-state index in [-0.39, 0.29) is 12.5 Å². The molecule has 2 aliphatic rings. The Balaban J connectivity index is 2.06. The fourth-order valence-electron chi connectivity index (χ4n) is 2.42.